The molecular weight excluding hydrogens is 450 g/mol. The highest BCUT2D eigenvalue weighted by Crippen LogP contribution is 2.38. The minimum atomic E-state index is -4.95. The molecule has 0 amide bonds. The Balaban J connectivity index is 1.56. The number of aliphatic hydroxyl groups is 1. The standard InChI is InChI=1S/C23H26F6N2O2/c1-15-4-3-5-21(16(15)2)31-8-6-30(7-9-31)13-19(32)14-33-20-11-17(22(24,25)26)10-18(12-20)23(27,28)29/h3-5,10-12,19,32H,6-9,13-14H2,1-2H3/p+1/t19-/m1/s1. The van der Waals surface area contributed by atoms with Crippen LogP contribution in [0, 0.1) is 13.8 Å². The molecule has 0 spiro atoms. The van der Waals surface area contributed by atoms with Gasteiger partial charge in [0.1, 0.15) is 25.0 Å². The molecule has 0 bridgehead atoms. The smallest absolute Gasteiger partial charge is 0.416 e. The van der Waals surface area contributed by atoms with Crippen molar-refractivity contribution in [1.82, 2.24) is 0 Å². The normalized spacial score (nSPS) is 16.7. The van der Waals surface area contributed by atoms with Crippen LogP contribution in [0.3, 0.4) is 0 Å². The number of rotatable bonds is 6. The minimum absolute atomic E-state index is 0.0445. The molecule has 3 rings (SSSR count). The van der Waals surface area contributed by atoms with Gasteiger partial charge in [0, 0.05) is 5.69 Å². The number of hydrogen-bond acceptors (Lipinski definition) is 3. The van der Waals surface area contributed by atoms with Crippen LogP contribution in [0.5, 0.6) is 5.75 Å². The van der Waals surface area contributed by atoms with E-state index in [1.165, 1.54) is 16.8 Å². The number of hydrogen-bond donors (Lipinski definition) is 2. The Hall–Kier alpha value is -2.46. The molecule has 1 aliphatic heterocycles. The number of halogens is 6. The van der Waals surface area contributed by atoms with Crippen LogP contribution < -0.4 is 14.5 Å². The molecular formula is C23H27F6N2O2+. The number of nitrogens with one attached hydrogen (secondary N) is 1. The first-order chi connectivity index (χ1) is 15.3. The second kappa shape index (κ2) is 9.80. The molecule has 182 valence electrons. The lowest BCUT2D eigenvalue weighted by atomic mass is 10.1. The minimum Gasteiger partial charge on any atom is -0.491 e. The molecule has 2 aromatic rings. The Morgan fingerprint density at radius 2 is 1.55 bits per heavy atom. The summed E-state index contributed by atoms with van der Waals surface area (Å²) >= 11 is 0. The third-order valence-corrected chi connectivity index (χ3v) is 5.92. The van der Waals surface area contributed by atoms with Crippen molar-refractivity contribution in [2.75, 3.05) is 44.2 Å². The maximum absolute atomic E-state index is 13.0. The lowest BCUT2D eigenvalue weighted by molar-refractivity contribution is -0.903. The summed E-state index contributed by atoms with van der Waals surface area (Å²) in [7, 11) is 0. The van der Waals surface area contributed by atoms with E-state index >= 15 is 0 Å². The Kier molecular flexibility index (Phi) is 7.48. The summed E-state index contributed by atoms with van der Waals surface area (Å²) in [4.78, 5) is 3.36. The lowest BCUT2D eigenvalue weighted by Crippen LogP contribution is -3.16. The monoisotopic (exact) mass is 477 g/mol. The number of quaternary nitrogens is 1. The molecule has 0 aliphatic carbocycles. The van der Waals surface area contributed by atoms with Gasteiger partial charge in [0.2, 0.25) is 0 Å². The van der Waals surface area contributed by atoms with Crippen LogP contribution in [0.4, 0.5) is 32.0 Å². The highest BCUT2D eigenvalue weighted by Gasteiger charge is 2.37. The van der Waals surface area contributed by atoms with E-state index < -0.39 is 41.9 Å². The zero-order chi connectivity index (χ0) is 24.4. The van der Waals surface area contributed by atoms with Crippen LogP contribution in [-0.4, -0.2) is 50.5 Å². The Bertz CT molecular complexity index is 921. The Morgan fingerprint density at radius 1 is 0.970 bits per heavy atom. The summed E-state index contributed by atoms with van der Waals surface area (Å²) in [5, 5.41) is 10.3. The number of aryl methyl sites for hydroxylation is 1. The van der Waals surface area contributed by atoms with Crippen LogP contribution in [0.1, 0.15) is 22.3 Å². The van der Waals surface area contributed by atoms with Gasteiger partial charge in [-0.3, -0.25) is 0 Å². The third kappa shape index (κ3) is 6.54. The van der Waals surface area contributed by atoms with E-state index in [0.29, 0.717) is 12.1 Å². The molecule has 33 heavy (non-hydrogen) atoms. The number of aliphatic hydroxyl groups excluding tert-OH is 1. The van der Waals surface area contributed by atoms with Crippen LogP contribution in [0.2, 0.25) is 0 Å². The number of ether oxygens (including phenoxy) is 1. The summed E-state index contributed by atoms with van der Waals surface area (Å²) in [5.74, 6) is -0.578. The van der Waals surface area contributed by atoms with E-state index in [9.17, 15) is 31.4 Å². The van der Waals surface area contributed by atoms with Crippen LogP contribution in [0.25, 0.3) is 0 Å². The molecule has 0 saturated carbocycles. The summed E-state index contributed by atoms with van der Waals surface area (Å²) in [6.45, 7) is 7.04. The predicted molar refractivity (Wildman–Crippen MR) is 112 cm³/mol. The highest BCUT2D eigenvalue weighted by atomic mass is 19.4. The second-order valence-corrected chi connectivity index (χ2v) is 8.37. The Morgan fingerprint density at radius 3 is 2.09 bits per heavy atom. The number of piperazine rings is 1. The van der Waals surface area contributed by atoms with E-state index in [4.69, 9.17) is 4.74 Å². The number of anilines is 1. The molecule has 10 heteroatoms. The van der Waals surface area contributed by atoms with E-state index in [0.717, 1.165) is 31.1 Å². The average molecular weight is 477 g/mol. The van der Waals surface area contributed by atoms with Crippen molar-refractivity contribution in [2.24, 2.45) is 0 Å². The van der Waals surface area contributed by atoms with Gasteiger partial charge < -0.3 is 19.6 Å². The van der Waals surface area contributed by atoms with Crippen molar-refractivity contribution in [3.63, 3.8) is 0 Å². The molecule has 1 fully saturated rings. The maximum atomic E-state index is 13.0. The zero-order valence-electron chi connectivity index (χ0n) is 18.4. The summed E-state index contributed by atoms with van der Waals surface area (Å²) in [6, 6.07) is 7.20. The molecule has 2 N–H and O–H groups in total. The molecule has 2 aromatic carbocycles. The van der Waals surface area contributed by atoms with Crippen molar-refractivity contribution in [2.45, 2.75) is 32.3 Å². The van der Waals surface area contributed by atoms with Crippen LogP contribution in [0.15, 0.2) is 36.4 Å². The lowest BCUT2D eigenvalue weighted by Gasteiger charge is -2.35. The molecule has 0 unspecified atom stereocenters. The molecule has 1 heterocycles. The topological polar surface area (TPSA) is 37.1 Å². The van der Waals surface area contributed by atoms with Gasteiger partial charge in [0.05, 0.1) is 37.3 Å². The maximum Gasteiger partial charge on any atom is 0.416 e. The summed E-state index contributed by atoms with van der Waals surface area (Å²) in [5.41, 5.74) is 0.694. The van der Waals surface area contributed by atoms with E-state index in [-0.39, 0.29) is 12.6 Å². The average Bonchev–Trinajstić information content (AvgIpc) is 2.73. The van der Waals surface area contributed by atoms with Crippen molar-refractivity contribution in [3.05, 3.63) is 58.7 Å². The quantitative estimate of drug-likeness (QED) is 0.626. The zero-order valence-corrected chi connectivity index (χ0v) is 18.4. The van der Waals surface area contributed by atoms with E-state index in [1.807, 2.05) is 6.07 Å². The largest absolute Gasteiger partial charge is 0.491 e. The highest BCUT2D eigenvalue weighted by molar-refractivity contribution is 5.56. The van der Waals surface area contributed by atoms with Gasteiger partial charge in [-0.15, -0.1) is 0 Å². The first-order valence-electron chi connectivity index (χ1n) is 10.6. The first kappa shape index (κ1) is 25.2. The van der Waals surface area contributed by atoms with Crippen LogP contribution >= 0.6 is 0 Å². The van der Waals surface area contributed by atoms with Crippen molar-refractivity contribution in [3.8, 4) is 5.75 Å². The predicted octanol–water partition coefficient (Wildman–Crippen LogP) is 3.49. The van der Waals surface area contributed by atoms with E-state index in [2.05, 4.69) is 30.9 Å². The molecule has 1 aliphatic rings. The van der Waals surface area contributed by atoms with Gasteiger partial charge in [-0.2, -0.15) is 26.3 Å². The SMILES string of the molecule is Cc1cccc(N2CC[NH+](C[C@@H](O)COc3cc(C(F)(F)F)cc(C(F)(F)F)c3)CC2)c1C. The molecule has 0 radical (unpaired) electrons. The van der Waals surface area contributed by atoms with Gasteiger partial charge >= 0.3 is 12.4 Å². The van der Waals surface area contributed by atoms with Crippen molar-refractivity contribution < 1.29 is 41.1 Å². The fraction of sp³-hybridized carbons (Fsp3) is 0.478. The molecule has 0 aromatic heterocycles. The Labute approximate surface area is 188 Å². The third-order valence-electron chi connectivity index (χ3n) is 5.92. The second-order valence-electron chi connectivity index (χ2n) is 8.37. The van der Waals surface area contributed by atoms with Gasteiger partial charge in [0.15, 0.2) is 0 Å². The summed E-state index contributed by atoms with van der Waals surface area (Å²) < 4.78 is 82.9. The first-order valence-corrected chi connectivity index (χ1v) is 10.6. The van der Waals surface area contributed by atoms with Crippen LogP contribution in [-0.2, 0) is 12.4 Å². The van der Waals surface area contributed by atoms with E-state index in [1.54, 1.807) is 0 Å². The van der Waals surface area contributed by atoms with Gasteiger partial charge in [-0.05, 0) is 49.2 Å². The number of benzene rings is 2. The number of nitrogens with zero attached hydrogens (tertiary/aromatic N) is 1. The van der Waals surface area contributed by atoms with Gasteiger partial charge in [-0.25, -0.2) is 0 Å². The molecule has 1 atom stereocenters. The molecule has 1 saturated heterocycles. The fourth-order valence-electron chi connectivity index (χ4n) is 3.94. The summed E-state index contributed by atoms with van der Waals surface area (Å²) in [6.07, 6.45) is -10.9. The molecule has 4 nitrogen and oxygen atoms in total. The van der Waals surface area contributed by atoms with Gasteiger partial charge in [-0.1, -0.05) is 12.1 Å². The number of alkyl halides is 6. The van der Waals surface area contributed by atoms with Crippen molar-refractivity contribution >= 4 is 5.69 Å². The fourth-order valence-corrected chi connectivity index (χ4v) is 3.94. The van der Waals surface area contributed by atoms with Crippen molar-refractivity contribution in [1.29, 1.82) is 0 Å². The van der Waals surface area contributed by atoms with Gasteiger partial charge in [0.25, 0.3) is 0 Å².